The Morgan fingerprint density at radius 2 is 1.60 bits per heavy atom. The van der Waals surface area contributed by atoms with Crippen molar-refractivity contribution in [3.05, 3.63) is 112 Å². The van der Waals surface area contributed by atoms with Crippen molar-refractivity contribution >= 4 is 44.5 Å². The number of carbonyl (C=O) groups excluding carboxylic acids is 1. The number of fused-ring (bicyclic) bond motifs is 2. The SMILES string of the molecule is CNC(=O)c1c(-c2ccc(F)cc2)oc2cc(NS(C)=O)c(-c3ccc4nnn(Cc5ccc(F)cc5)c(=O)c4c3)cc12. The molecule has 43 heavy (non-hydrogen) atoms. The Kier molecular flexibility index (Phi) is 7.28. The Balaban J connectivity index is 1.54. The molecule has 0 fully saturated rings. The summed E-state index contributed by atoms with van der Waals surface area (Å²) in [5.41, 5.74) is 3.27. The molecule has 0 bridgehead atoms. The fourth-order valence-corrected chi connectivity index (χ4v) is 5.36. The number of furan rings is 1. The third kappa shape index (κ3) is 5.40. The second-order valence-electron chi connectivity index (χ2n) is 9.75. The predicted molar refractivity (Wildman–Crippen MR) is 161 cm³/mol. The van der Waals surface area contributed by atoms with Crippen LogP contribution in [0.1, 0.15) is 15.9 Å². The summed E-state index contributed by atoms with van der Waals surface area (Å²) in [5, 5.41) is 11.6. The zero-order chi connectivity index (χ0) is 30.2. The van der Waals surface area contributed by atoms with Crippen molar-refractivity contribution in [2.45, 2.75) is 6.54 Å². The summed E-state index contributed by atoms with van der Waals surface area (Å²) >= 11 is 0. The van der Waals surface area contributed by atoms with Crippen LogP contribution in [0.25, 0.3) is 44.3 Å². The molecule has 0 aliphatic rings. The lowest BCUT2D eigenvalue weighted by atomic mass is 9.98. The fraction of sp³-hybridized carbons (Fsp3) is 0.0968. The van der Waals surface area contributed by atoms with Gasteiger partial charge in [-0.25, -0.2) is 17.7 Å². The number of nitrogens with zero attached hydrogens (tertiary/aromatic N) is 3. The molecule has 0 radical (unpaired) electrons. The molecule has 2 N–H and O–H groups in total. The van der Waals surface area contributed by atoms with Gasteiger partial charge in [-0.2, -0.15) is 0 Å². The summed E-state index contributed by atoms with van der Waals surface area (Å²) in [6.07, 6.45) is 1.47. The van der Waals surface area contributed by atoms with E-state index >= 15 is 0 Å². The lowest BCUT2D eigenvalue weighted by Crippen LogP contribution is -2.24. The maximum Gasteiger partial charge on any atom is 0.277 e. The maximum atomic E-state index is 13.6. The molecule has 6 rings (SSSR count). The van der Waals surface area contributed by atoms with Gasteiger partial charge in [0.2, 0.25) is 0 Å². The number of hydrogen-bond acceptors (Lipinski definition) is 6. The van der Waals surface area contributed by atoms with Crippen LogP contribution in [-0.4, -0.2) is 38.4 Å². The van der Waals surface area contributed by atoms with Crippen LogP contribution in [0.15, 0.2) is 88.1 Å². The van der Waals surface area contributed by atoms with Crippen molar-refractivity contribution in [2.75, 3.05) is 18.0 Å². The van der Waals surface area contributed by atoms with Crippen molar-refractivity contribution in [2.24, 2.45) is 0 Å². The third-order valence-electron chi connectivity index (χ3n) is 6.92. The maximum absolute atomic E-state index is 13.6. The van der Waals surface area contributed by atoms with Crippen LogP contribution >= 0.6 is 0 Å². The van der Waals surface area contributed by atoms with E-state index in [0.29, 0.717) is 44.4 Å². The van der Waals surface area contributed by atoms with Gasteiger partial charge in [0.05, 0.1) is 23.2 Å². The summed E-state index contributed by atoms with van der Waals surface area (Å²) in [6.45, 7) is 0.0938. The molecule has 12 heteroatoms. The first-order valence-corrected chi connectivity index (χ1v) is 14.6. The van der Waals surface area contributed by atoms with Gasteiger partial charge in [0.1, 0.15) is 39.5 Å². The van der Waals surface area contributed by atoms with E-state index in [1.807, 2.05) is 0 Å². The molecule has 1 unspecified atom stereocenters. The Hall–Kier alpha value is -5.23. The lowest BCUT2D eigenvalue weighted by Gasteiger charge is -2.12. The van der Waals surface area contributed by atoms with Crippen LogP contribution in [0.3, 0.4) is 0 Å². The Morgan fingerprint density at radius 3 is 2.28 bits per heavy atom. The number of carbonyl (C=O) groups is 1. The van der Waals surface area contributed by atoms with E-state index in [4.69, 9.17) is 4.42 Å². The molecule has 9 nitrogen and oxygen atoms in total. The molecule has 0 saturated heterocycles. The summed E-state index contributed by atoms with van der Waals surface area (Å²) in [5.74, 6) is -0.992. The smallest absolute Gasteiger partial charge is 0.277 e. The fourth-order valence-electron chi connectivity index (χ4n) is 4.89. The average molecular weight is 600 g/mol. The van der Waals surface area contributed by atoms with Crippen LogP contribution in [-0.2, 0) is 17.5 Å². The molecule has 6 aromatic rings. The van der Waals surface area contributed by atoms with Crippen molar-refractivity contribution in [1.29, 1.82) is 0 Å². The quantitative estimate of drug-likeness (QED) is 0.258. The van der Waals surface area contributed by atoms with Gasteiger partial charge < -0.3 is 14.5 Å². The topological polar surface area (TPSA) is 119 Å². The van der Waals surface area contributed by atoms with Crippen LogP contribution in [0, 0.1) is 11.6 Å². The molecule has 216 valence electrons. The summed E-state index contributed by atoms with van der Waals surface area (Å²) in [6, 6.07) is 19.7. The van der Waals surface area contributed by atoms with Gasteiger partial charge in [-0.3, -0.25) is 9.59 Å². The minimum Gasteiger partial charge on any atom is -0.455 e. The number of amides is 1. The molecule has 0 saturated carbocycles. The second kappa shape index (κ2) is 11.2. The van der Waals surface area contributed by atoms with Gasteiger partial charge in [0, 0.05) is 35.9 Å². The van der Waals surface area contributed by atoms with E-state index in [1.165, 1.54) is 54.4 Å². The molecule has 1 atom stereocenters. The standard InChI is InChI=1S/C31H23F2N5O4S/c1-34-30(39)28-24-14-22(26(36-43(2)41)15-27(24)42-29(28)18-5-10-21(33)11-6-18)19-7-12-25-23(13-19)31(40)38(37-35-25)16-17-3-8-20(32)9-4-17/h3-15,36H,16H2,1-2H3,(H,34,39). The monoisotopic (exact) mass is 599 g/mol. The first kappa shape index (κ1) is 27.9. The summed E-state index contributed by atoms with van der Waals surface area (Å²) in [4.78, 5) is 26.5. The van der Waals surface area contributed by atoms with Crippen molar-refractivity contribution in [3.63, 3.8) is 0 Å². The number of halogens is 2. The summed E-state index contributed by atoms with van der Waals surface area (Å²) < 4.78 is 49.5. The minimum absolute atomic E-state index is 0.0938. The highest BCUT2D eigenvalue weighted by Gasteiger charge is 2.24. The van der Waals surface area contributed by atoms with Crippen LogP contribution in [0.2, 0.25) is 0 Å². The number of nitrogens with one attached hydrogen (secondary N) is 2. The number of benzene rings is 4. The van der Waals surface area contributed by atoms with Crippen molar-refractivity contribution < 1.29 is 22.2 Å². The third-order valence-corrected chi connectivity index (χ3v) is 7.43. The van der Waals surface area contributed by atoms with E-state index in [1.54, 1.807) is 42.5 Å². The van der Waals surface area contributed by atoms with Gasteiger partial charge in [-0.05, 0) is 65.7 Å². The molecular formula is C31H23F2N5O4S. The number of aromatic nitrogens is 3. The van der Waals surface area contributed by atoms with E-state index in [0.717, 1.165) is 0 Å². The van der Waals surface area contributed by atoms with E-state index in [2.05, 4.69) is 20.4 Å². The van der Waals surface area contributed by atoms with E-state index < -0.39 is 28.3 Å². The molecule has 0 spiro atoms. The molecule has 2 heterocycles. The average Bonchev–Trinajstić information content (AvgIpc) is 3.37. The predicted octanol–water partition coefficient (Wildman–Crippen LogP) is 5.26. The van der Waals surface area contributed by atoms with Gasteiger partial charge in [0.15, 0.2) is 0 Å². The Labute approximate surface area is 245 Å². The normalized spacial score (nSPS) is 12.0. The molecule has 0 aliphatic heterocycles. The minimum atomic E-state index is -1.48. The van der Waals surface area contributed by atoms with Crippen molar-refractivity contribution in [1.82, 2.24) is 20.3 Å². The number of hydrogen-bond donors (Lipinski definition) is 2. The van der Waals surface area contributed by atoms with E-state index in [-0.39, 0.29) is 29.1 Å². The number of anilines is 1. The van der Waals surface area contributed by atoms with Gasteiger partial charge in [-0.15, -0.1) is 5.10 Å². The van der Waals surface area contributed by atoms with Gasteiger partial charge >= 0.3 is 0 Å². The highest BCUT2D eigenvalue weighted by molar-refractivity contribution is 7.85. The zero-order valence-corrected chi connectivity index (χ0v) is 23.7. The highest BCUT2D eigenvalue weighted by atomic mass is 32.2. The first-order chi connectivity index (χ1) is 20.7. The van der Waals surface area contributed by atoms with Crippen LogP contribution < -0.4 is 15.6 Å². The van der Waals surface area contributed by atoms with E-state index in [9.17, 15) is 22.6 Å². The molecule has 4 aromatic carbocycles. The Morgan fingerprint density at radius 1 is 0.930 bits per heavy atom. The first-order valence-electron chi connectivity index (χ1n) is 13.0. The lowest BCUT2D eigenvalue weighted by molar-refractivity contribution is 0.0964. The van der Waals surface area contributed by atoms with Crippen LogP contribution in [0.4, 0.5) is 14.5 Å². The molecular weight excluding hydrogens is 576 g/mol. The molecule has 2 aromatic heterocycles. The van der Waals surface area contributed by atoms with Gasteiger partial charge in [-0.1, -0.05) is 23.4 Å². The second-order valence-corrected chi connectivity index (χ2v) is 10.9. The summed E-state index contributed by atoms with van der Waals surface area (Å²) in [7, 11) is 0.0159. The highest BCUT2D eigenvalue weighted by Crippen LogP contribution is 2.40. The van der Waals surface area contributed by atoms with Gasteiger partial charge in [0.25, 0.3) is 11.5 Å². The molecule has 1 amide bonds. The zero-order valence-electron chi connectivity index (χ0n) is 22.9. The molecule has 0 aliphatic carbocycles. The number of rotatable bonds is 7. The largest absolute Gasteiger partial charge is 0.455 e. The Bertz CT molecular complexity index is 2110. The van der Waals surface area contributed by atoms with Crippen LogP contribution in [0.5, 0.6) is 0 Å². The van der Waals surface area contributed by atoms with Crippen molar-refractivity contribution in [3.8, 4) is 22.5 Å².